The lowest BCUT2D eigenvalue weighted by Gasteiger charge is -2.12. The minimum Gasteiger partial charge on any atom is -0.390 e. The van der Waals surface area contributed by atoms with E-state index in [2.05, 4.69) is 25.5 Å². The number of rotatable bonds is 6. The lowest BCUT2D eigenvalue weighted by atomic mass is 10.1. The lowest BCUT2D eigenvalue weighted by Crippen LogP contribution is -2.16. The van der Waals surface area contributed by atoms with Crippen LogP contribution >= 0.6 is 0 Å². The van der Waals surface area contributed by atoms with Crippen LogP contribution in [0.2, 0.25) is 0 Å². The van der Waals surface area contributed by atoms with Crippen molar-refractivity contribution in [2.24, 2.45) is 0 Å². The van der Waals surface area contributed by atoms with Gasteiger partial charge in [0.15, 0.2) is 5.82 Å². The minimum absolute atomic E-state index is 0.129. The van der Waals surface area contributed by atoms with Crippen LogP contribution in [0, 0.1) is 11.6 Å². The number of imidazole rings is 1. The minimum atomic E-state index is -1.05. The summed E-state index contributed by atoms with van der Waals surface area (Å²) in [5.74, 6) is -2.21. The summed E-state index contributed by atoms with van der Waals surface area (Å²) >= 11 is 0. The molecule has 11 heteroatoms. The van der Waals surface area contributed by atoms with Crippen molar-refractivity contribution in [1.29, 1.82) is 0 Å². The van der Waals surface area contributed by atoms with Gasteiger partial charge in [-0.1, -0.05) is 24.3 Å². The molecule has 35 heavy (non-hydrogen) atoms. The van der Waals surface area contributed by atoms with Crippen molar-refractivity contribution >= 4 is 11.7 Å². The Bertz CT molecular complexity index is 1520. The number of nitrogens with zero attached hydrogens (tertiary/aromatic N) is 6. The van der Waals surface area contributed by atoms with Crippen LogP contribution in [-0.2, 0) is 6.61 Å². The maximum Gasteiger partial charge on any atom is 0.259 e. The molecule has 0 radical (unpaired) electrons. The van der Waals surface area contributed by atoms with Crippen molar-refractivity contribution in [2.75, 3.05) is 5.32 Å². The van der Waals surface area contributed by atoms with Gasteiger partial charge in [-0.15, -0.1) is 10.2 Å². The van der Waals surface area contributed by atoms with Gasteiger partial charge in [0.2, 0.25) is 0 Å². The van der Waals surface area contributed by atoms with E-state index in [4.69, 9.17) is 0 Å². The second kappa shape index (κ2) is 9.23. The maximum atomic E-state index is 14.5. The molecular formula is C24H17F2N7O2. The molecule has 3 heterocycles. The largest absolute Gasteiger partial charge is 0.390 e. The Hall–Kier alpha value is -4.77. The van der Waals surface area contributed by atoms with Crippen LogP contribution in [0.15, 0.2) is 79.5 Å². The Morgan fingerprint density at radius 3 is 2.60 bits per heavy atom. The predicted octanol–water partition coefficient (Wildman–Crippen LogP) is 3.54. The maximum absolute atomic E-state index is 14.5. The first-order valence-electron chi connectivity index (χ1n) is 10.4. The number of anilines is 1. The topological polar surface area (TPSA) is 111 Å². The molecule has 0 saturated heterocycles. The van der Waals surface area contributed by atoms with E-state index >= 15 is 0 Å². The number of aliphatic hydroxyl groups excluding tert-OH is 1. The van der Waals surface area contributed by atoms with Crippen molar-refractivity contribution in [3.63, 3.8) is 0 Å². The fourth-order valence-electron chi connectivity index (χ4n) is 3.55. The molecule has 0 unspecified atom stereocenters. The van der Waals surface area contributed by atoms with Crippen molar-refractivity contribution in [3.8, 4) is 22.9 Å². The molecule has 0 saturated carbocycles. The molecular weight excluding hydrogens is 456 g/mol. The molecule has 0 atom stereocenters. The number of nitrogens with one attached hydrogen (secondary N) is 1. The van der Waals surface area contributed by atoms with Gasteiger partial charge in [0.05, 0.1) is 36.1 Å². The molecule has 2 aromatic carbocycles. The lowest BCUT2D eigenvalue weighted by molar-refractivity contribution is 0.102. The first-order valence-corrected chi connectivity index (χ1v) is 10.4. The van der Waals surface area contributed by atoms with Crippen LogP contribution in [0.4, 0.5) is 14.6 Å². The summed E-state index contributed by atoms with van der Waals surface area (Å²) in [5.41, 5.74) is 0.995. The molecule has 5 rings (SSSR count). The highest BCUT2D eigenvalue weighted by Gasteiger charge is 2.19. The van der Waals surface area contributed by atoms with Crippen LogP contribution in [0.1, 0.15) is 16.1 Å². The van der Waals surface area contributed by atoms with Gasteiger partial charge >= 0.3 is 0 Å². The molecule has 5 aromatic rings. The van der Waals surface area contributed by atoms with Crippen LogP contribution < -0.4 is 5.32 Å². The summed E-state index contributed by atoms with van der Waals surface area (Å²) in [7, 11) is 0. The molecule has 0 aliphatic carbocycles. The molecule has 9 nitrogen and oxygen atoms in total. The Balaban J connectivity index is 1.45. The fraction of sp³-hybridized carbons (Fsp3) is 0.0417. The summed E-state index contributed by atoms with van der Waals surface area (Å²) in [4.78, 5) is 21.2. The molecule has 1 amide bonds. The number of benzene rings is 2. The van der Waals surface area contributed by atoms with E-state index in [0.29, 0.717) is 17.6 Å². The number of pyridine rings is 1. The molecule has 174 valence electrons. The molecule has 0 bridgehead atoms. The van der Waals surface area contributed by atoms with Crippen molar-refractivity contribution in [3.05, 3.63) is 102 Å². The summed E-state index contributed by atoms with van der Waals surface area (Å²) in [5, 5.41) is 20.0. The summed E-state index contributed by atoms with van der Waals surface area (Å²) < 4.78 is 32.0. The molecule has 2 N–H and O–H groups in total. The van der Waals surface area contributed by atoms with Gasteiger partial charge in [-0.2, -0.15) is 0 Å². The number of hydrogen-bond donors (Lipinski definition) is 2. The van der Waals surface area contributed by atoms with Gasteiger partial charge in [0.25, 0.3) is 5.91 Å². The Morgan fingerprint density at radius 2 is 1.80 bits per heavy atom. The SMILES string of the molecule is O=C(Nc1cccc(-c2nncn2-c2ccccc2)n1)c1cc(-n2cncc2CO)c(F)cc1F. The molecule has 0 aliphatic heterocycles. The van der Waals surface area contributed by atoms with E-state index in [1.807, 2.05) is 30.3 Å². The van der Waals surface area contributed by atoms with E-state index in [-0.39, 0.29) is 17.2 Å². The van der Waals surface area contributed by atoms with Gasteiger partial charge in [0.1, 0.15) is 29.5 Å². The van der Waals surface area contributed by atoms with Crippen LogP contribution in [0.3, 0.4) is 0 Å². The van der Waals surface area contributed by atoms with Crippen molar-refractivity contribution < 1.29 is 18.7 Å². The van der Waals surface area contributed by atoms with Crippen LogP contribution in [0.5, 0.6) is 0 Å². The molecule has 3 aromatic heterocycles. The number of amides is 1. The zero-order valence-electron chi connectivity index (χ0n) is 18.0. The third-order valence-corrected chi connectivity index (χ3v) is 5.22. The molecule has 0 spiro atoms. The smallest absolute Gasteiger partial charge is 0.259 e. The summed E-state index contributed by atoms with van der Waals surface area (Å²) in [6.07, 6.45) is 4.15. The van der Waals surface area contributed by atoms with Gasteiger partial charge in [-0.3, -0.25) is 13.9 Å². The monoisotopic (exact) mass is 473 g/mol. The standard InChI is InChI=1S/C24H17F2N7O2/c25-18-10-19(26)21(32-13-27-11-16(32)12-34)9-17(18)24(35)30-22-8-4-7-20(29-22)23-31-28-14-33(23)15-5-2-1-3-6-15/h1-11,13-14,34H,12H2,(H,29,30,35). The number of carbonyl (C=O) groups is 1. The normalized spacial score (nSPS) is 10.9. The average molecular weight is 473 g/mol. The van der Waals surface area contributed by atoms with Crippen LogP contribution in [0.25, 0.3) is 22.9 Å². The number of halogens is 2. The quantitative estimate of drug-likeness (QED) is 0.390. The number of para-hydroxylation sites is 1. The highest BCUT2D eigenvalue weighted by molar-refractivity contribution is 6.04. The van der Waals surface area contributed by atoms with E-state index in [9.17, 15) is 18.7 Å². The third kappa shape index (κ3) is 4.27. The average Bonchev–Trinajstić information content (AvgIpc) is 3.55. The summed E-state index contributed by atoms with van der Waals surface area (Å²) in [6, 6.07) is 16.0. The van der Waals surface area contributed by atoms with Gasteiger partial charge in [-0.05, 0) is 30.3 Å². The highest BCUT2D eigenvalue weighted by atomic mass is 19.1. The second-order valence-electron chi connectivity index (χ2n) is 7.42. The number of hydrogen-bond acceptors (Lipinski definition) is 6. The van der Waals surface area contributed by atoms with Gasteiger partial charge in [-0.25, -0.2) is 18.7 Å². The highest BCUT2D eigenvalue weighted by Crippen LogP contribution is 2.23. The van der Waals surface area contributed by atoms with E-state index in [1.54, 1.807) is 23.0 Å². The zero-order chi connectivity index (χ0) is 24.4. The van der Waals surface area contributed by atoms with Crippen LogP contribution in [-0.4, -0.2) is 40.3 Å². The zero-order valence-corrected chi connectivity index (χ0v) is 18.0. The predicted molar refractivity (Wildman–Crippen MR) is 122 cm³/mol. The first-order chi connectivity index (χ1) is 17.0. The van der Waals surface area contributed by atoms with E-state index in [0.717, 1.165) is 11.8 Å². The number of carbonyl (C=O) groups excluding carboxylic acids is 1. The fourth-order valence-corrected chi connectivity index (χ4v) is 3.55. The second-order valence-corrected chi connectivity index (χ2v) is 7.42. The molecule has 0 aliphatic rings. The van der Waals surface area contributed by atoms with Crippen molar-refractivity contribution in [2.45, 2.75) is 6.61 Å². The Kier molecular flexibility index (Phi) is 5.81. The first kappa shape index (κ1) is 22.0. The Morgan fingerprint density at radius 1 is 0.971 bits per heavy atom. The molecule has 0 fully saturated rings. The van der Waals surface area contributed by atoms with Gasteiger partial charge < -0.3 is 10.4 Å². The van der Waals surface area contributed by atoms with E-state index in [1.165, 1.54) is 23.2 Å². The summed E-state index contributed by atoms with van der Waals surface area (Å²) in [6.45, 7) is -0.414. The Labute approximate surface area is 197 Å². The number of aliphatic hydroxyl groups is 1. The van der Waals surface area contributed by atoms with E-state index < -0.39 is 29.7 Å². The van der Waals surface area contributed by atoms with Crippen molar-refractivity contribution in [1.82, 2.24) is 29.3 Å². The number of aromatic nitrogens is 6. The van der Waals surface area contributed by atoms with Gasteiger partial charge in [0, 0.05) is 11.8 Å². The third-order valence-electron chi connectivity index (χ3n) is 5.22.